The molecule has 0 aromatic carbocycles. The van der Waals surface area contributed by atoms with E-state index in [1.807, 2.05) is 0 Å². The number of carbonyl (C=O) groups excluding carboxylic acids is 1. The van der Waals surface area contributed by atoms with Crippen LogP contribution < -0.4 is 0 Å². The van der Waals surface area contributed by atoms with Crippen LogP contribution in [0, 0.1) is 12.3 Å². The third kappa shape index (κ3) is 1.23. The highest BCUT2D eigenvalue weighted by atomic mass is 32.1. The molecule has 0 unspecified atom stereocenters. The van der Waals surface area contributed by atoms with Crippen molar-refractivity contribution in [1.82, 2.24) is 4.98 Å². The van der Waals surface area contributed by atoms with Crippen molar-refractivity contribution >= 4 is 17.1 Å². The molecular weight excluding hydrogens is 146 g/mol. The molecule has 1 aromatic heterocycles. The highest BCUT2D eigenvalue weighted by Gasteiger charge is 2.02. The van der Waals surface area contributed by atoms with E-state index in [-0.39, 0.29) is 5.78 Å². The Morgan fingerprint density at radius 2 is 2.60 bits per heavy atom. The molecule has 0 N–H and O–H groups in total. The van der Waals surface area contributed by atoms with E-state index in [0.29, 0.717) is 10.7 Å². The van der Waals surface area contributed by atoms with Crippen molar-refractivity contribution in [2.24, 2.45) is 0 Å². The zero-order valence-corrected chi connectivity index (χ0v) is 6.23. The monoisotopic (exact) mass is 151 g/mol. The summed E-state index contributed by atoms with van der Waals surface area (Å²) in [4.78, 5) is 14.5. The van der Waals surface area contributed by atoms with Crippen molar-refractivity contribution in [3.8, 4) is 12.3 Å². The van der Waals surface area contributed by atoms with Crippen LogP contribution >= 0.6 is 11.3 Å². The number of hydrogen-bond acceptors (Lipinski definition) is 3. The molecule has 50 valence electrons. The molecule has 0 saturated carbocycles. The van der Waals surface area contributed by atoms with Gasteiger partial charge in [0.05, 0.1) is 0 Å². The average molecular weight is 151 g/mol. The van der Waals surface area contributed by atoms with Crippen molar-refractivity contribution in [2.45, 2.75) is 6.92 Å². The Balaban J connectivity index is 3.02. The summed E-state index contributed by atoms with van der Waals surface area (Å²) in [7, 11) is 0. The molecule has 0 atom stereocenters. The molecule has 2 nitrogen and oxygen atoms in total. The fourth-order valence-corrected chi connectivity index (χ4v) is 1.16. The number of ketones is 1. The number of aromatic nitrogens is 1. The molecule has 0 bridgehead atoms. The van der Waals surface area contributed by atoms with E-state index in [1.165, 1.54) is 18.3 Å². The van der Waals surface area contributed by atoms with Crippen molar-refractivity contribution < 1.29 is 4.79 Å². The minimum atomic E-state index is -0.0437. The highest BCUT2D eigenvalue weighted by molar-refractivity contribution is 7.10. The molecule has 0 spiro atoms. The fraction of sp³-hybridized carbons (Fsp3) is 0.143. The Kier molecular flexibility index (Phi) is 1.83. The van der Waals surface area contributed by atoms with Crippen LogP contribution in [0.1, 0.15) is 22.4 Å². The van der Waals surface area contributed by atoms with Gasteiger partial charge in [-0.2, -0.15) is 0 Å². The van der Waals surface area contributed by atoms with Gasteiger partial charge < -0.3 is 0 Å². The van der Waals surface area contributed by atoms with E-state index in [0.717, 1.165) is 0 Å². The number of carbonyl (C=O) groups is 1. The van der Waals surface area contributed by atoms with Crippen molar-refractivity contribution in [2.75, 3.05) is 0 Å². The lowest BCUT2D eigenvalue weighted by Gasteiger charge is -1.79. The smallest absolute Gasteiger partial charge is 0.179 e. The van der Waals surface area contributed by atoms with Gasteiger partial charge in [-0.05, 0) is 5.92 Å². The lowest BCUT2D eigenvalue weighted by atomic mass is 10.4. The topological polar surface area (TPSA) is 30.0 Å². The minimum absolute atomic E-state index is 0.0437. The molecule has 3 heteroatoms. The number of rotatable bonds is 1. The summed E-state index contributed by atoms with van der Waals surface area (Å²) < 4.78 is 0. The van der Waals surface area contributed by atoms with Crippen LogP contribution in [0.15, 0.2) is 5.38 Å². The Labute approximate surface area is 62.9 Å². The van der Waals surface area contributed by atoms with E-state index in [2.05, 4.69) is 10.9 Å². The summed E-state index contributed by atoms with van der Waals surface area (Å²) in [5.74, 6) is 2.31. The molecule has 10 heavy (non-hydrogen) atoms. The molecule has 0 aliphatic rings. The maximum Gasteiger partial charge on any atom is 0.179 e. The third-order valence-corrected chi connectivity index (χ3v) is 1.76. The predicted molar refractivity (Wildman–Crippen MR) is 40.1 cm³/mol. The average Bonchev–Trinajstić information content (AvgIpc) is 2.34. The van der Waals surface area contributed by atoms with E-state index >= 15 is 0 Å². The Morgan fingerprint density at radius 3 is 2.90 bits per heavy atom. The van der Waals surface area contributed by atoms with Gasteiger partial charge in [0.1, 0.15) is 5.69 Å². The molecule has 0 fully saturated rings. The second-order valence-corrected chi connectivity index (χ2v) is 2.60. The molecule has 1 aromatic rings. The lowest BCUT2D eigenvalue weighted by Crippen LogP contribution is -1.90. The number of terminal acetylenes is 1. The van der Waals surface area contributed by atoms with Crippen LogP contribution in [0.3, 0.4) is 0 Å². The molecule has 1 rings (SSSR count). The van der Waals surface area contributed by atoms with Crippen LogP contribution in [-0.4, -0.2) is 10.8 Å². The van der Waals surface area contributed by atoms with E-state index < -0.39 is 0 Å². The molecule has 0 aliphatic heterocycles. The quantitative estimate of drug-likeness (QED) is 0.447. The van der Waals surface area contributed by atoms with Gasteiger partial charge in [-0.25, -0.2) is 4.98 Å². The second-order valence-electron chi connectivity index (χ2n) is 1.74. The Bertz CT molecular complexity index is 295. The SMILES string of the molecule is C#Cc1nc(C(C)=O)cs1. The van der Waals surface area contributed by atoms with Gasteiger partial charge in [0.2, 0.25) is 0 Å². The van der Waals surface area contributed by atoms with E-state index in [1.54, 1.807) is 5.38 Å². The Morgan fingerprint density at radius 1 is 1.90 bits per heavy atom. The first-order valence-electron chi connectivity index (χ1n) is 2.67. The van der Waals surface area contributed by atoms with Gasteiger partial charge >= 0.3 is 0 Å². The Hall–Kier alpha value is -1.14. The highest BCUT2D eigenvalue weighted by Crippen LogP contribution is 2.07. The van der Waals surface area contributed by atoms with Crippen LogP contribution in [0.4, 0.5) is 0 Å². The zero-order valence-electron chi connectivity index (χ0n) is 5.42. The number of nitrogens with zero attached hydrogens (tertiary/aromatic N) is 1. The third-order valence-electron chi connectivity index (χ3n) is 0.988. The molecule has 1 heterocycles. The summed E-state index contributed by atoms with van der Waals surface area (Å²) in [6, 6.07) is 0. The second kappa shape index (κ2) is 2.63. The van der Waals surface area contributed by atoms with Gasteiger partial charge in [-0.15, -0.1) is 17.8 Å². The molecule has 0 radical (unpaired) electrons. The van der Waals surface area contributed by atoms with E-state index in [9.17, 15) is 4.79 Å². The van der Waals surface area contributed by atoms with Crippen LogP contribution in [0.25, 0.3) is 0 Å². The van der Waals surface area contributed by atoms with Crippen molar-refractivity contribution in [3.05, 3.63) is 16.1 Å². The first kappa shape index (κ1) is 6.97. The van der Waals surface area contributed by atoms with Gasteiger partial charge in [0.15, 0.2) is 10.8 Å². The van der Waals surface area contributed by atoms with Crippen LogP contribution in [0.5, 0.6) is 0 Å². The number of thiazole rings is 1. The largest absolute Gasteiger partial charge is 0.293 e. The summed E-state index contributed by atoms with van der Waals surface area (Å²) in [6.45, 7) is 1.47. The molecule has 0 aliphatic carbocycles. The van der Waals surface area contributed by atoms with Crippen molar-refractivity contribution in [3.63, 3.8) is 0 Å². The van der Waals surface area contributed by atoms with Gasteiger partial charge in [0, 0.05) is 12.3 Å². The maximum absolute atomic E-state index is 10.7. The maximum atomic E-state index is 10.7. The lowest BCUT2D eigenvalue weighted by molar-refractivity contribution is 0.101. The first-order chi connectivity index (χ1) is 4.74. The van der Waals surface area contributed by atoms with Crippen LogP contribution in [-0.2, 0) is 0 Å². The zero-order chi connectivity index (χ0) is 7.56. The first-order valence-corrected chi connectivity index (χ1v) is 3.55. The van der Waals surface area contributed by atoms with Gasteiger partial charge in [0.25, 0.3) is 0 Å². The van der Waals surface area contributed by atoms with Crippen LogP contribution in [0.2, 0.25) is 0 Å². The van der Waals surface area contributed by atoms with E-state index in [4.69, 9.17) is 6.42 Å². The molecule has 0 amide bonds. The summed E-state index contributed by atoms with van der Waals surface area (Å²) in [5, 5.41) is 2.22. The number of hydrogen-bond donors (Lipinski definition) is 0. The summed E-state index contributed by atoms with van der Waals surface area (Å²) in [5.41, 5.74) is 0.456. The summed E-state index contributed by atoms with van der Waals surface area (Å²) >= 11 is 1.31. The molecule has 0 saturated heterocycles. The normalized spacial score (nSPS) is 8.80. The van der Waals surface area contributed by atoms with Gasteiger partial charge in [-0.3, -0.25) is 4.79 Å². The standard InChI is InChI=1S/C7H5NOS/c1-3-7-8-6(4-10-7)5(2)9/h1,4H,2H3. The fourth-order valence-electron chi connectivity index (χ4n) is 0.502. The minimum Gasteiger partial charge on any atom is -0.293 e. The predicted octanol–water partition coefficient (Wildman–Crippen LogP) is 1.33. The van der Waals surface area contributed by atoms with Gasteiger partial charge in [-0.1, -0.05) is 0 Å². The van der Waals surface area contributed by atoms with Crippen molar-refractivity contribution in [1.29, 1.82) is 0 Å². The molecular formula is C7H5NOS. The summed E-state index contributed by atoms with van der Waals surface area (Å²) in [6.07, 6.45) is 5.05. The number of Topliss-reactive ketones (excluding diaryl/α,β-unsaturated/α-hetero) is 1.